The first-order valence-electron chi connectivity index (χ1n) is 8.41. The third kappa shape index (κ3) is 3.24. The third-order valence-electron chi connectivity index (χ3n) is 5.32. The Hall–Kier alpha value is -1.06. The van der Waals surface area contributed by atoms with Crippen LogP contribution in [-0.4, -0.2) is 24.6 Å². The van der Waals surface area contributed by atoms with Crippen molar-refractivity contribution in [2.24, 2.45) is 11.7 Å². The van der Waals surface area contributed by atoms with Gasteiger partial charge in [-0.05, 0) is 49.8 Å². The summed E-state index contributed by atoms with van der Waals surface area (Å²) in [6.07, 6.45) is 8.48. The molecule has 1 saturated carbocycles. The van der Waals surface area contributed by atoms with Crippen molar-refractivity contribution in [2.45, 2.75) is 57.7 Å². The molecule has 1 saturated heterocycles. The molecular formula is C18H28N2O. The SMILES string of the molecule is COc1cc(CN2CCCC3CCCCC32)ccc1CN. The van der Waals surface area contributed by atoms with Gasteiger partial charge in [-0.1, -0.05) is 25.0 Å². The first-order valence-corrected chi connectivity index (χ1v) is 8.41. The molecule has 2 aliphatic rings. The summed E-state index contributed by atoms with van der Waals surface area (Å²) in [7, 11) is 1.73. The molecule has 1 aromatic carbocycles. The highest BCUT2D eigenvalue weighted by Crippen LogP contribution is 2.36. The highest BCUT2D eigenvalue weighted by atomic mass is 16.5. The lowest BCUT2D eigenvalue weighted by Gasteiger charge is -2.44. The van der Waals surface area contributed by atoms with Gasteiger partial charge in [0.2, 0.25) is 0 Å². The summed E-state index contributed by atoms with van der Waals surface area (Å²) in [4.78, 5) is 2.71. The summed E-state index contributed by atoms with van der Waals surface area (Å²) < 4.78 is 5.47. The fourth-order valence-electron chi connectivity index (χ4n) is 4.21. The van der Waals surface area contributed by atoms with Gasteiger partial charge >= 0.3 is 0 Å². The molecule has 1 aromatic rings. The van der Waals surface area contributed by atoms with Gasteiger partial charge in [-0.25, -0.2) is 0 Å². The van der Waals surface area contributed by atoms with E-state index in [1.165, 1.54) is 50.6 Å². The second-order valence-corrected chi connectivity index (χ2v) is 6.57. The minimum absolute atomic E-state index is 0.540. The first kappa shape index (κ1) is 14.9. The highest BCUT2D eigenvalue weighted by molar-refractivity contribution is 5.37. The van der Waals surface area contributed by atoms with Gasteiger partial charge in [-0.3, -0.25) is 4.90 Å². The maximum absolute atomic E-state index is 5.76. The van der Waals surface area contributed by atoms with E-state index in [2.05, 4.69) is 23.1 Å². The molecule has 1 aliphatic heterocycles. The quantitative estimate of drug-likeness (QED) is 0.924. The molecule has 0 amide bonds. The minimum atomic E-state index is 0.540. The van der Waals surface area contributed by atoms with Gasteiger partial charge in [0.1, 0.15) is 5.75 Å². The lowest BCUT2D eigenvalue weighted by atomic mass is 9.78. The number of nitrogens with zero attached hydrogens (tertiary/aromatic N) is 1. The molecule has 2 N–H and O–H groups in total. The summed E-state index contributed by atoms with van der Waals surface area (Å²) in [5.74, 6) is 1.88. The van der Waals surface area contributed by atoms with E-state index in [9.17, 15) is 0 Å². The number of hydrogen-bond donors (Lipinski definition) is 1. The van der Waals surface area contributed by atoms with Crippen LogP contribution in [0.4, 0.5) is 0 Å². The van der Waals surface area contributed by atoms with E-state index in [0.717, 1.165) is 29.8 Å². The van der Waals surface area contributed by atoms with Crippen LogP contribution in [0.1, 0.15) is 49.7 Å². The summed E-state index contributed by atoms with van der Waals surface area (Å²) >= 11 is 0. The van der Waals surface area contributed by atoms with Gasteiger partial charge < -0.3 is 10.5 Å². The average molecular weight is 288 g/mol. The highest BCUT2D eigenvalue weighted by Gasteiger charge is 2.32. The second-order valence-electron chi connectivity index (χ2n) is 6.57. The van der Waals surface area contributed by atoms with Crippen LogP contribution < -0.4 is 10.5 Å². The molecule has 116 valence electrons. The molecule has 0 aromatic heterocycles. The number of rotatable bonds is 4. The minimum Gasteiger partial charge on any atom is -0.496 e. The molecule has 2 fully saturated rings. The fraction of sp³-hybridized carbons (Fsp3) is 0.667. The zero-order valence-electron chi connectivity index (χ0n) is 13.2. The summed E-state index contributed by atoms with van der Waals surface area (Å²) in [6, 6.07) is 7.33. The van der Waals surface area contributed by atoms with E-state index in [-0.39, 0.29) is 0 Å². The van der Waals surface area contributed by atoms with Crippen LogP contribution >= 0.6 is 0 Å². The Labute approximate surface area is 128 Å². The number of benzene rings is 1. The standard InChI is InChI=1S/C18H28N2O/c1-21-18-11-14(8-9-16(18)12-19)13-20-10-4-6-15-5-2-3-7-17(15)20/h8-9,11,15,17H,2-7,10,12-13,19H2,1H3. The molecule has 3 heteroatoms. The maximum atomic E-state index is 5.76. The number of ether oxygens (including phenoxy) is 1. The monoisotopic (exact) mass is 288 g/mol. The van der Waals surface area contributed by atoms with Crippen molar-refractivity contribution in [1.82, 2.24) is 4.90 Å². The smallest absolute Gasteiger partial charge is 0.123 e. The average Bonchev–Trinajstić information content (AvgIpc) is 2.55. The van der Waals surface area contributed by atoms with Crippen LogP contribution in [0.2, 0.25) is 0 Å². The van der Waals surface area contributed by atoms with Gasteiger partial charge in [0.25, 0.3) is 0 Å². The van der Waals surface area contributed by atoms with Crippen LogP contribution in [-0.2, 0) is 13.1 Å². The number of methoxy groups -OCH3 is 1. The van der Waals surface area contributed by atoms with Crippen LogP contribution in [0.5, 0.6) is 5.75 Å². The molecule has 3 nitrogen and oxygen atoms in total. The largest absolute Gasteiger partial charge is 0.496 e. The zero-order valence-corrected chi connectivity index (χ0v) is 13.2. The Kier molecular flexibility index (Phi) is 4.81. The number of nitrogens with two attached hydrogens (primary N) is 1. The van der Waals surface area contributed by atoms with Crippen molar-refractivity contribution in [3.8, 4) is 5.75 Å². The Morgan fingerprint density at radius 2 is 2.00 bits per heavy atom. The van der Waals surface area contributed by atoms with Crippen molar-refractivity contribution in [2.75, 3.05) is 13.7 Å². The lowest BCUT2D eigenvalue weighted by Crippen LogP contribution is -2.46. The van der Waals surface area contributed by atoms with Gasteiger partial charge in [0, 0.05) is 24.7 Å². The number of fused-ring (bicyclic) bond motifs is 1. The molecule has 2 atom stereocenters. The molecule has 1 aliphatic carbocycles. The van der Waals surface area contributed by atoms with E-state index < -0.39 is 0 Å². The number of hydrogen-bond acceptors (Lipinski definition) is 3. The van der Waals surface area contributed by atoms with E-state index >= 15 is 0 Å². The molecule has 2 unspecified atom stereocenters. The lowest BCUT2D eigenvalue weighted by molar-refractivity contribution is 0.0546. The van der Waals surface area contributed by atoms with E-state index in [1.807, 2.05) is 0 Å². The number of piperidine rings is 1. The zero-order chi connectivity index (χ0) is 14.7. The Bertz CT molecular complexity index is 472. The van der Waals surface area contributed by atoms with Crippen molar-refractivity contribution < 1.29 is 4.74 Å². The van der Waals surface area contributed by atoms with Gasteiger partial charge in [-0.2, -0.15) is 0 Å². The summed E-state index contributed by atoms with van der Waals surface area (Å²) in [6.45, 7) is 2.85. The molecule has 0 bridgehead atoms. The van der Waals surface area contributed by atoms with E-state index in [1.54, 1.807) is 7.11 Å². The van der Waals surface area contributed by atoms with Crippen LogP contribution in [0, 0.1) is 5.92 Å². The van der Waals surface area contributed by atoms with Crippen LogP contribution in [0.15, 0.2) is 18.2 Å². The fourth-order valence-corrected chi connectivity index (χ4v) is 4.21. The summed E-state index contributed by atoms with van der Waals surface area (Å²) in [5.41, 5.74) is 8.21. The predicted octanol–water partition coefficient (Wildman–Crippen LogP) is 3.31. The topological polar surface area (TPSA) is 38.5 Å². The van der Waals surface area contributed by atoms with Crippen LogP contribution in [0.3, 0.4) is 0 Å². The normalized spacial score (nSPS) is 26.4. The molecule has 1 heterocycles. The molecule has 0 spiro atoms. The molecule has 21 heavy (non-hydrogen) atoms. The second kappa shape index (κ2) is 6.80. The maximum Gasteiger partial charge on any atom is 0.123 e. The predicted molar refractivity (Wildman–Crippen MR) is 86.3 cm³/mol. The van der Waals surface area contributed by atoms with Gasteiger partial charge in [0.05, 0.1) is 7.11 Å². The van der Waals surface area contributed by atoms with Crippen LogP contribution in [0.25, 0.3) is 0 Å². The van der Waals surface area contributed by atoms with Gasteiger partial charge in [0.15, 0.2) is 0 Å². The first-order chi connectivity index (χ1) is 10.3. The molecule has 0 radical (unpaired) electrons. The van der Waals surface area contributed by atoms with E-state index in [4.69, 9.17) is 10.5 Å². The summed E-state index contributed by atoms with van der Waals surface area (Å²) in [5, 5.41) is 0. The van der Waals surface area contributed by atoms with Crippen molar-refractivity contribution in [1.29, 1.82) is 0 Å². The Morgan fingerprint density at radius 3 is 2.81 bits per heavy atom. The van der Waals surface area contributed by atoms with Crippen molar-refractivity contribution in [3.63, 3.8) is 0 Å². The number of likely N-dealkylation sites (tertiary alicyclic amines) is 1. The van der Waals surface area contributed by atoms with E-state index in [0.29, 0.717) is 6.54 Å². The Morgan fingerprint density at radius 1 is 1.19 bits per heavy atom. The van der Waals surface area contributed by atoms with Gasteiger partial charge in [-0.15, -0.1) is 0 Å². The van der Waals surface area contributed by atoms with Crippen molar-refractivity contribution >= 4 is 0 Å². The molecular weight excluding hydrogens is 260 g/mol. The van der Waals surface area contributed by atoms with Crippen molar-refractivity contribution in [3.05, 3.63) is 29.3 Å². The Balaban J connectivity index is 1.73. The third-order valence-corrected chi connectivity index (χ3v) is 5.32. The molecule has 3 rings (SSSR count).